The number of urea groups is 1. The van der Waals surface area contributed by atoms with E-state index in [1.165, 1.54) is 39.9 Å². The molecular weight excluding hydrogens is 476 g/mol. The Morgan fingerprint density at radius 2 is 1.56 bits per heavy atom. The zero-order chi connectivity index (χ0) is 22.9. The van der Waals surface area contributed by atoms with Gasteiger partial charge in [0, 0.05) is 49.0 Å². The van der Waals surface area contributed by atoms with E-state index in [0.717, 1.165) is 14.7 Å². The maximum Gasteiger partial charge on any atom is 0.335 e. The molecule has 2 saturated heterocycles. The Bertz CT molecular complexity index is 1110. The molecule has 9 nitrogen and oxygen atoms in total. The van der Waals surface area contributed by atoms with Gasteiger partial charge in [0.2, 0.25) is 10.0 Å². The van der Waals surface area contributed by atoms with Crippen molar-refractivity contribution in [3.8, 4) is 0 Å². The number of hydrogen-bond donors (Lipinski definition) is 0. The van der Waals surface area contributed by atoms with Crippen LogP contribution >= 0.6 is 22.9 Å². The summed E-state index contributed by atoms with van der Waals surface area (Å²) in [6.07, 6.45) is 0.498. The molecule has 2 aliphatic rings. The summed E-state index contributed by atoms with van der Waals surface area (Å²) in [5.41, 5.74) is 0. The Morgan fingerprint density at radius 1 is 0.906 bits per heavy atom. The second kappa shape index (κ2) is 9.28. The minimum atomic E-state index is -3.66. The molecule has 32 heavy (non-hydrogen) atoms. The third-order valence-electron chi connectivity index (χ3n) is 5.42. The number of sulfonamides is 1. The van der Waals surface area contributed by atoms with Gasteiger partial charge in [-0.15, -0.1) is 11.3 Å². The summed E-state index contributed by atoms with van der Waals surface area (Å²) in [6, 6.07) is 9.13. The first-order valence-electron chi connectivity index (χ1n) is 9.95. The molecule has 0 unspecified atom stereocenters. The zero-order valence-electron chi connectivity index (χ0n) is 17.0. The van der Waals surface area contributed by atoms with Gasteiger partial charge >= 0.3 is 17.8 Å². The second-order valence-electron chi connectivity index (χ2n) is 7.42. The van der Waals surface area contributed by atoms with E-state index in [1.807, 2.05) is 17.5 Å². The minimum absolute atomic E-state index is 0.0479. The summed E-state index contributed by atoms with van der Waals surface area (Å²) in [5, 5.41) is 2.36. The number of nitrogens with zero attached hydrogens (tertiary/aromatic N) is 4. The normalized spacial score (nSPS) is 18.7. The molecule has 0 saturated carbocycles. The Morgan fingerprint density at radius 3 is 2.19 bits per heavy atom. The van der Waals surface area contributed by atoms with Crippen molar-refractivity contribution in [1.82, 2.24) is 19.0 Å². The van der Waals surface area contributed by atoms with E-state index in [0.29, 0.717) is 24.5 Å². The average Bonchev–Trinajstić information content (AvgIpc) is 3.37. The Balaban J connectivity index is 1.34. The van der Waals surface area contributed by atoms with Crippen LogP contribution in [0.4, 0.5) is 4.79 Å². The molecule has 2 fully saturated rings. The van der Waals surface area contributed by atoms with Crippen molar-refractivity contribution in [3.05, 3.63) is 51.7 Å². The smallest absolute Gasteiger partial charge is 0.283 e. The molecule has 1 aromatic carbocycles. The van der Waals surface area contributed by atoms with Gasteiger partial charge < -0.3 is 0 Å². The lowest BCUT2D eigenvalue weighted by molar-refractivity contribution is -0.144. The Labute approximate surface area is 194 Å². The summed E-state index contributed by atoms with van der Waals surface area (Å²) in [7, 11) is -3.66. The van der Waals surface area contributed by atoms with Gasteiger partial charge in [0.05, 0.1) is 11.6 Å². The van der Waals surface area contributed by atoms with Crippen molar-refractivity contribution in [2.24, 2.45) is 0 Å². The lowest BCUT2D eigenvalue weighted by Gasteiger charge is -2.35. The number of carbonyl (C=O) groups is 3. The SMILES string of the molecule is O=C1C(=O)N(CN2CCN(S(=O)(=O)c3ccc(Cl)cc3)CC2)C(=O)N1CCc1cccs1. The second-order valence-corrected chi connectivity index (χ2v) is 10.8. The topological polar surface area (TPSA) is 98.3 Å². The molecule has 1 aromatic heterocycles. The number of thiophene rings is 1. The van der Waals surface area contributed by atoms with Crippen LogP contribution in [0.3, 0.4) is 0 Å². The van der Waals surface area contributed by atoms with Crippen LogP contribution in [-0.2, 0) is 26.0 Å². The van der Waals surface area contributed by atoms with Crippen molar-refractivity contribution in [1.29, 1.82) is 0 Å². The molecule has 0 radical (unpaired) electrons. The predicted octanol–water partition coefficient (Wildman–Crippen LogP) is 1.70. The van der Waals surface area contributed by atoms with Gasteiger partial charge in [0.25, 0.3) is 0 Å². The van der Waals surface area contributed by atoms with Crippen LogP contribution in [-0.4, -0.2) is 84.7 Å². The van der Waals surface area contributed by atoms with Gasteiger partial charge in [0.15, 0.2) is 0 Å². The molecule has 12 heteroatoms. The maximum absolute atomic E-state index is 12.8. The maximum atomic E-state index is 12.8. The molecule has 2 aliphatic heterocycles. The first-order valence-corrected chi connectivity index (χ1v) is 12.6. The largest absolute Gasteiger partial charge is 0.335 e. The first kappa shape index (κ1) is 22.9. The highest BCUT2D eigenvalue weighted by molar-refractivity contribution is 7.89. The number of benzene rings is 1. The van der Waals surface area contributed by atoms with Crippen LogP contribution in [0.1, 0.15) is 4.88 Å². The van der Waals surface area contributed by atoms with Gasteiger partial charge in [-0.25, -0.2) is 18.1 Å². The van der Waals surface area contributed by atoms with Crippen LogP contribution in [0.15, 0.2) is 46.7 Å². The summed E-state index contributed by atoms with van der Waals surface area (Å²) in [6.45, 7) is 1.16. The van der Waals surface area contributed by atoms with Crippen molar-refractivity contribution >= 4 is 50.8 Å². The van der Waals surface area contributed by atoms with Gasteiger partial charge in [0.1, 0.15) is 0 Å². The van der Waals surface area contributed by atoms with E-state index < -0.39 is 27.9 Å². The number of halogens is 1. The fraction of sp³-hybridized carbons (Fsp3) is 0.350. The monoisotopic (exact) mass is 496 g/mol. The molecule has 2 aromatic rings. The van der Waals surface area contributed by atoms with Crippen molar-refractivity contribution in [3.63, 3.8) is 0 Å². The predicted molar refractivity (Wildman–Crippen MR) is 119 cm³/mol. The molecule has 0 atom stereocenters. The molecule has 4 rings (SSSR count). The third kappa shape index (κ3) is 4.57. The number of imide groups is 2. The van der Waals surface area contributed by atoms with Crippen LogP contribution in [0.2, 0.25) is 5.02 Å². The third-order valence-corrected chi connectivity index (χ3v) is 8.52. The van der Waals surface area contributed by atoms with Crippen molar-refractivity contribution < 1.29 is 22.8 Å². The van der Waals surface area contributed by atoms with Crippen molar-refractivity contribution in [2.75, 3.05) is 39.4 Å². The number of carbonyl (C=O) groups excluding carboxylic acids is 3. The summed E-state index contributed by atoms with van der Waals surface area (Å²) in [5.74, 6) is -1.67. The Kier molecular flexibility index (Phi) is 6.63. The van der Waals surface area contributed by atoms with Crippen LogP contribution in [0.5, 0.6) is 0 Å². The highest BCUT2D eigenvalue weighted by Gasteiger charge is 2.45. The minimum Gasteiger partial charge on any atom is -0.283 e. The van der Waals surface area contributed by atoms with E-state index >= 15 is 0 Å². The highest BCUT2D eigenvalue weighted by Crippen LogP contribution is 2.21. The number of amides is 4. The summed E-state index contributed by atoms with van der Waals surface area (Å²) >= 11 is 7.36. The molecule has 0 aliphatic carbocycles. The molecule has 0 spiro atoms. The van der Waals surface area contributed by atoms with Crippen LogP contribution in [0.25, 0.3) is 0 Å². The quantitative estimate of drug-likeness (QED) is 0.427. The van der Waals surface area contributed by atoms with Gasteiger partial charge in [-0.1, -0.05) is 17.7 Å². The first-order chi connectivity index (χ1) is 15.3. The molecule has 4 amide bonds. The van der Waals surface area contributed by atoms with Gasteiger partial charge in [-0.2, -0.15) is 4.31 Å². The van der Waals surface area contributed by atoms with Crippen molar-refractivity contribution in [2.45, 2.75) is 11.3 Å². The highest BCUT2D eigenvalue weighted by atomic mass is 35.5. The van der Waals surface area contributed by atoms with Crippen LogP contribution < -0.4 is 0 Å². The number of piperazine rings is 1. The molecule has 3 heterocycles. The molecule has 0 bridgehead atoms. The lowest BCUT2D eigenvalue weighted by atomic mass is 10.3. The van der Waals surface area contributed by atoms with E-state index in [2.05, 4.69) is 0 Å². The Hall–Kier alpha value is -2.31. The molecular formula is C20H21ClN4O5S2. The summed E-state index contributed by atoms with van der Waals surface area (Å²) in [4.78, 5) is 42.2. The van der Waals surface area contributed by atoms with E-state index in [4.69, 9.17) is 11.6 Å². The standard InChI is InChI=1S/C20H21ClN4O5S2/c21-15-3-5-17(6-4-15)32(29,30)23-11-9-22(10-12-23)14-25-19(27)18(26)24(20(25)28)8-7-16-2-1-13-31-16/h1-6,13H,7-12,14H2. The van der Waals surface area contributed by atoms with E-state index in [-0.39, 0.29) is 31.2 Å². The van der Waals surface area contributed by atoms with E-state index in [9.17, 15) is 22.8 Å². The number of rotatable bonds is 7. The van der Waals surface area contributed by atoms with Gasteiger partial charge in [-0.3, -0.25) is 19.4 Å². The van der Waals surface area contributed by atoms with Crippen LogP contribution in [0, 0.1) is 0 Å². The summed E-state index contributed by atoms with van der Waals surface area (Å²) < 4.78 is 27.0. The lowest BCUT2D eigenvalue weighted by Crippen LogP contribution is -2.52. The molecule has 0 N–H and O–H groups in total. The zero-order valence-corrected chi connectivity index (χ0v) is 19.4. The fourth-order valence-corrected chi connectivity index (χ4v) is 5.86. The van der Waals surface area contributed by atoms with E-state index in [1.54, 1.807) is 4.90 Å². The van der Waals surface area contributed by atoms with Gasteiger partial charge in [-0.05, 0) is 35.7 Å². The number of hydrogen-bond acceptors (Lipinski definition) is 7. The average molecular weight is 497 g/mol. The fourth-order valence-electron chi connectivity index (χ4n) is 3.62. The molecule has 170 valence electrons.